The first-order chi connectivity index (χ1) is 13.6. The Bertz CT molecular complexity index is 896. The Morgan fingerprint density at radius 2 is 1.75 bits per heavy atom. The summed E-state index contributed by atoms with van der Waals surface area (Å²) in [5.41, 5.74) is 1.59. The zero-order chi connectivity index (χ0) is 19.7. The predicted octanol–water partition coefficient (Wildman–Crippen LogP) is 2.80. The van der Waals surface area contributed by atoms with Gasteiger partial charge in [0.25, 0.3) is 5.91 Å². The molecule has 0 radical (unpaired) electrons. The smallest absolute Gasteiger partial charge is 0.251 e. The molecule has 0 aliphatic carbocycles. The zero-order valence-corrected chi connectivity index (χ0v) is 16.4. The number of ether oxygens (including phenoxy) is 1. The molecule has 2 aliphatic heterocycles. The molecule has 2 amide bonds. The minimum atomic E-state index is -0.411. The predicted molar refractivity (Wildman–Crippen MR) is 109 cm³/mol. The molecule has 0 unspecified atom stereocenters. The number of methoxy groups -OCH3 is 1. The number of halogens is 1. The highest BCUT2D eigenvalue weighted by atomic mass is 35.5. The molecule has 0 aromatic heterocycles. The van der Waals surface area contributed by atoms with Gasteiger partial charge >= 0.3 is 0 Å². The molecule has 146 valence electrons. The van der Waals surface area contributed by atoms with Gasteiger partial charge in [-0.15, -0.1) is 0 Å². The molecule has 4 rings (SSSR count). The SMILES string of the molecule is COc1ccccc1N1CCN([C@H]2CC(=O)N(c3cccc(Cl)c3)C2=O)CC1. The third kappa shape index (κ3) is 3.45. The number of carbonyl (C=O) groups excluding carboxylic acids is 2. The number of anilines is 2. The van der Waals surface area contributed by atoms with Crippen molar-refractivity contribution in [2.75, 3.05) is 43.1 Å². The van der Waals surface area contributed by atoms with Gasteiger partial charge in [-0.3, -0.25) is 14.5 Å². The number of imide groups is 1. The van der Waals surface area contributed by atoms with E-state index in [1.165, 1.54) is 4.90 Å². The molecule has 2 heterocycles. The second-order valence-corrected chi connectivity index (χ2v) is 7.40. The van der Waals surface area contributed by atoms with Crippen LogP contribution in [0.15, 0.2) is 48.5 Å². The van der Waals surface area contributed by atoms with Crippen molar-refractivity contribution in [1.29, 1.82) is 0 Å². The van der Waals surface area contributed by atoms with Crippen LogP contribution in [0.1, 0.15) is 6.42 Å². The van der Waals surface area contributed by atoms with E-state index in [0.29, 0.717) is 23.8 Å². The molecule has 2 fully saturated rings. The molecule has 1 atom stereocenters. The number of amides is 2. The fourth-order valence-electron chi connectivity index (χ4n) is 3.95. The molecule has 2 aromatic carbocycles. The second kappa shape index (κ2) is 7.81. The number of nitrogens with zero attached hydrogens (tertiary/aromatic N) is 3. The van der Waals surface area contributed by atoms with E-state index in [4.69, 9.17) is 16.3 Å². The van der Waals surface area contributed by atoms with Gasteiger partial charge in [0.15, 0.2) is 0 Å². The number of rotatable bonds is 4. The molecule has 28 heavy (non-hydrogen) atoms. The van der Waals surface area contributed by atoms with Crippen LogP contribution >= 0.6 is 11.6 Å². The van der Waals surface area contributed by atoms with Gasteiger partial charge in [0, 0.05) is 31.2 Å². The Labute approximate surface area is 169 Å². The third-order valence-corrected chi connectivity index (χ3v) is 5.61. The maximum atomic E-state index is 13.0. The van der Waals surface area contributed by atoms with Crippen LogP contribution in [0.4, 0.5) is 11.4 Å². The summed E-state index contributed by atoms with van der Waals surface area (Å²) in [6.07, 6.45) is 0.208. The van der Waals surface area contributed by atoms with Crippen molar-refractivity contribution in [1.82, 2.24) is 4.90 Å². The van der Waals surface area contributed by atoms with E-state index in [-0.39, 0.29) is 18.2 Å². The van der Waals surface area contributed by atoms with Gasteiger partial charge in [-0.05, 0) is 30.3 Å². The largest absolute Gasteiger partial charge is 0.495 e. The van der Waals surface area contributed by atoms with Crippen molar-refractivity contribution in [3.63, 3.8) is 0 Å². The van der Waals surface area contributed by atoms with E-state index >= 15 is 0 Å². The van der Waals surface area contributed by atoms with Crippen LogP contribution in [0.5, 0.6) is 5.75 Å². The van der Waals surface area contributed by atoms with Crippen LogP contribution in [0, 0.1) is 0 Å². The average Bonchev–Trinajstić information content (AvgIpc) is 3.02. The standard InChI is InChI=1S/C21H22ClN3O3/c1-28-19-8-3-2-7-17(19)23-9-11-24(12-10-23)18-14-20(26)25(21(18)27)16-6-4-5-15(22)13-16/h2-8,13,18H,9-12,14H2,1H3/t18-/m0/s1. The van der Waals surface area contributed by atoms with Crippen molar-refractivity contribution in [3.8, 4) is 5.75 Å². The average molecular weight is 400 g/mol. The minimum Gasteiger partial charge on any atom is -0.495 e. The number of carbonyl (C=O) groups is 2. The molecule has 0 N–H and O–H groups in total. The molecule has 0 saturated carbocycles. The van der Waals surface area contributed by atoms with Crippen molar-refractivity contribution < 1.29 is 14.3 Å². The van der Waals surface area contributed by atoms with Crippen molar-refractivity contribution in [2.24, 2.45) is 0 Å². The van der Waals surface area contributed by atoms with Gasteiger partial charge in [0.1, 0.15) is 5.75 Å². The number of hydrogen-bond donors (Lipinski definition) is 0. The van der Waals surface area contributed by atoms with Crippen LogP contribution in [0.25, 0.3) is 0 Å². The van der Waals surface area contributed by atoms with Gasteiger partial charge < -0.3 is 9.64 Å². The molecule has 2 aliphatic rings. The molecule has 7 heteroatoms. The molecule has 0 spiro atoms. The maximum Gasteiger partial charge on any atom is 0.251 e. The third-order valence-electron chi connectivity index (χ3n) is 5.37. The summed E-state index contributed by atoms with van der Waals surface area (Å²) in [6.45, 7) is 2.97. The monoisotopic (exact) mass is 399 g/mol. The summed E-state index contributed by atoms with van der Waals surface area (Å²) < 4.78 is 5.46. The zero-order valence-electron chi connectivity index (χ0n) is 15.7. The van der Waals surface area contributed by atoms with Crippen molar-refractivity contribution >= 4 is 34.8 Å². The molecule has 2 saturated heterocycles. The summed E-state index contributed by atoms with van der Waals surface area (Å²) in [7, 11) is 1.67. The van der Waals surface area contributed by atoms with E-state index in [0.717, 1.165) is 24.5 Å². The second-order valence-electron chi connectivity index (χ2n) is 6.96. The van der Waals surface area contributed by atoms with Gasteiger partial charge in [0.2, 0.25) is 5.91 Å². The Morgan fingerprint density at radius 1 is 1.00 bits per heavy atom. The first-order valence-electron chi connectivity index (χ1n) is 9.33. The van der Waals surface area contributed by atoms with Crippen LogP contribution in [-0.4, -0.2) is 56.0 Å². The van der Waals surface area contributed by atoms with E-state index in [9.17, 15) is 9.59 Å². The number of hydrogen-bond acceptors (Lipinski definition) is 5. The molecule has 2 aromatic rings. The Balaban J connectivity index is 1.45. The normalized spacial score (nSPS) is 20.7. The number of para-hydroxylation sites is 2. The van der Waals surface area contributed by atoms with E-state index < -0.39 is 6.04 Å². The van der Waals surface area contributed by atoms with E-state index in [2.05, 4.69) is 9.80 Å². The van der Waals surface area contributed by atoms with Crippen LogP contribution in [-0.2, 0) is 9.59 Å². The summed E-state index contributed by atoms with van der Waals surface area (Å²) in [4.78, 5) is 31.1. The fourth-order valence-corrected chi connectivity index (χ4v) is 4.14. The molecule has 0 bridgehead atoms. The van der Waals surface area contributed by atoms with Gasteiger partial charge in [-0.2, -0.15) is 0 Å². The summed E-state index contributed by atoms with van der Waals surface area (Å²) in [5, 5.41) is 0.506. The Morgan fingerprint density at radius 3 is 2.46 bits per heavy atom. The summed E-state index contributed by atoms with van der Waals surface area (Å²) in [5.74, 6) is 0.498. The van der Waals surface area contributed by atoms with Crippen molar-refractivity contribution in [2.45, 2.75) is 12.5 Å². The van der Waals surface area contributed by atoms with E-state index in [1.54, 1.807) is 31.4 Å². The van der Waals surface area contributed by atoms with Crippen LogP contribution in [0.3, 0.4) is 0 Å². The highest BCUT2D eigenvalue weighted by Gasteiger charge is 2.43. The van der Waals surface area contributed by atoms with Gasteiger partial charge in [-0.1, -0.05) is 29.8 Å². The number of piperazine rings is 1. The minimum absolute atomic E-state index is 0.169. The molecular formula is C21H22ClN3O3. The first kappa shape index (κ1) is 18.8. The summed E-state index contributed by atoms with van der Waals surface area (Å²) >= 11 is 6.03. The lowest BCUT2D eigenvalue weighted by atomic mass is 10.1. The topological polar surface area (TPSA) is 53.1 Å². The lowest BCUT2D eigenvalue weighted by Crippen LogP contribution is -2.52. The van der Waals surface area contributed by atoms with E-state index in [1.807, 2.05) is 24.3 Å². The number of benzene rings is 2. The Hall–Kier alpha value is -2.57. The Kier molecular flexibility index (Phi) is 5.24. The highest BCUT2D eigenvalue weighted by Crippen LogP contribution is 2.31. The fraction of sp³-hybridized carbons (Fsp3) is 0.333. The van der Waals surface area contributed by atoms with Crippen LogP contribution < -0.4 is 14.5 Å². The summed E-state index contributed by atoms with van der Waals surface area (Å²) in [6, 6.07) is 14.4. The van der Waals surface area contributed by atoms with Crippen molar-refractivity contribution in [3.05, 3.63) is 53.6 Å². The van der Waals surface area contributed by atoms with Crippen LogP contribution in [0.2, 0.25) is 5.02 Å². The van der Waals surface area contributed by atoms with Gasteiger partial charge in [-0.25, -0.2) is 4.90 Å². The highest BCUT2D eigenvalue weighted by molar-refractivity contribution is 6.31. The first-order valence-corrected chi connectivity index (χ1v) is 9.70. The van der Waals surface area contributed by atoms with Gasteiger partial charge in [0.05, 0.1) is 30.9 Å². The molecular weight excluding hydrogens is 378 g/mol. The molecule has 6 nitrogen and oxygen atoms in total. The maximum absolute atomic E-state index is 13.0. The lowest BCUT2D eigenvalue weighted by Gasteiger charge is -2.38. The quantitative estimate of drug-likeness (QED) is 0.740. The lowest BCUT2D eigenvalue weighted by molar-refractivity contribution is -0.123.